The van der Waals surface area contributed by atoms with Gasteiger partial charge in [0.25, 0.3) is 0 Å². The standard InChI is InChI=1S/C17H32N2O3S/c1-13(2)22-12-17(21)19-10-8-15(9-11-19)18-16(20)7-5-6-14(3)23-4/h13-15H,5-12H2,1-4H3,(H,18,20). The molecule has 1 rings (SSSR count). The van der Waals surface area contributed by atoms with Gasteiger partial charge in [-0.25, -0.2) is 0 Å². The van der Waals surface area contributed by atoms with E-state index >= 15 is 0 Å². The molecule has 1 N–H and O–H groups in total. The lowest BCUT2D eigenvalue weighted by molar-refractivity contribution is -0.138. The van der Waals surface area contributed by atoms with Gasteiger partial charge in [0.15, 0.2) is 0 Å². The molecule has 0 aliphatic carbocycles. The number of piperidine rings is 1. The normalized spacial score (nSPS) is 17.3. The summed E-state index contributed by atoms with van der Waals surface area (Å²) >= 11 is 1.84. The molecule has 5 nitrogen and oxygen atoms in total. The monoisotopic (exact) mass is 344 g/mol. The minimum Gasteiger partial charge on any atom is -0.369 e. The van der Waals surface area contributed by atoms with Crippen molar-refractivity contribution in [3.63, 3.8) is 0 Å². The number of hydrogen-bond donors (Lipinski definition) is 1. The molecule has 1 atom stereocenters. The van der Waals surface area contributed by atoms with Crippen LogP contribution in [0.25, 0.3) is 0 Å². The number of nitrogens with one attached hydrogen (secondary N) is 1. The first kappa shape index (κ1) is 20.3. The van der Waals surface area contributed by atoms with E-state index in [4.69, 9.17) is 4.74 Å². The third-order valence-electron chi connectivity index (χ3n) is 4.17. The first-order valence-electron chi connectivity index (χ1n) is 8.64. The number of carbonyl (C=O) groups is 2. The van der Waals surface area contributed by atoms with Gasteiger partial charge in [0.2, 0.25) is 11.8 Å². The van der Waals surface area contributed by atoms with Crippen molar-refractivity contribution in [1.82, 2.24) is 10.2 Å². The molecule has 0 radical (unpaired) electrons. The summed E-state index contributed by atoms with van der Waals surface area (Å²) in [6, 6.07) is 0.204. The minimum atomic E-state index is 0.0505. The van der Waals surface area contributed by atoms with E-state index in [0.717, 1.165) is 25.7 Å². The Morgan fingerprint density at radius 1 is 1.26 bits per heavy atom. The van der Waals surface area contributed by atoms with E-state index in [1.807, 2.05) is 30.5 Å². The Balaban J connectivity index is 2.18. The molecular weight excluding hydrogens is 312 g/mol. The lowest BCUT2D eigenvalue weighted by atomic mass is 10.0. The van der Waals surface area contributed by atoms with Crippen LogP contribution >= 0.6 is 11.8 Å². The maximum absolute atomic E-state index is 12.0. The summed E-state index contributed by atoms with van der Waals surface area (Å²) in [4.78, 5) is 25.8. The van der Waals surface area contributed by atoms with Crippen LogP contribution in [-0.4, -0.2) is 60.1 Å². The predicted octanol–water partition coefficient (Wildman–Crippen LogP) is 2.44. The van der Waals surface area contributed by atoms with Crippen molar-refractivity contribution in [1.29, 1.82) is 0 Å². The molecule has 23 heavy (non-hydrogen) atoms. The van der Waals surface area contributed by atoms with E-state index in [0.29, 0.717) is 24.8 Å². The molecule has 0 aromatic rings. The molecule has 1 fully saturated rings. The predicted molar refractivity (Wildman–Crippen MR) is 95.7 cm³/mol. The molecule has 0 aromatic carbocycles. The van der Waals surface area contributed by atoms with Gasteiger partial charge < -0.3 is 15.0 Å². The number of ether oxygens (including phenoxy) is 1. The van der Waals surface area contributed by atoms with Gasteiger partial charge in [0, 0.05) is 30.8 Å². The molecule has 0 spiro atoms. The zero-order valence-corrected chi connectivity index (χ0v) is 15.8. The Morgan fingerprint density at radius 3 is 2.48 bits per heavy atom. The number of amides is 2. The van der Waals surface area contributed by atoms with Gasteiger partial charge in [0.05, 0.1) is 6.10 Å². The Morgan fingerprint density at radius 2 is 1.91 bits per heavy atom. The molecule has 6 heteroatoms. The van der Waals surface area contributed by atoms with Gasteiger partial charge in [0.1, 0.15) is 6.61 Å². The SMILES string of the molecule is CSC(C)CCCC(=O)NC1CCN(C(=O)COC(C)C)CC1. The Hall–Kier alpha value is -0.750. The van der Waals surface area contributed by atoms with Gasteiger partial charge in [-0.3, -0.25) is 9.59 Å². The maximum Gasteiger partial charge on any atom is 0.248 e. The maximum atomic E-state index is 12.0. The van der Waals surface area contributed by atoms with E-state index in [1.54, 1.807) is 0 Å². The minimum absolute atomic E-state index is 0.0505. The van der Waals surface area contributed by atoms with Crippen molar-refractivity contribution in [2.24, 2.45) is 0 Å². The molecule has 2 amide bonds. The Kier molecular flexibility index (Phi) is 9.63. The summed E-state index contributed by atoms with van der Waals surface area (Å²) in [5.41, 5.74) is 0. The molecule has 134 valence electrons. The average molecular weight is 345 g/mol. The van der Waals surface area contributed by atoms with Crippen LogP contribution in [0.3, 0.4) is 0 Å². The Bertz CT molecular complexity index is 369. The summed E-state index contributed by atoms with van der Waals surface area (Å²) in [7, 11) is 0. The quantitative estimate of drug-likeness (QED) is 0.698. The van der Waals surface area contributed by atoms with Gasteiger partial charge >= 0.3 is 0 Å². The first-order chi connectivity index (χ1) is 10.9. The van der Waals surface area contributed by atoms with Crippen molar-refractivity contribution < 1.29 is 14.3 Å². The highest BCUT2D eigenvalue weighted by Crippen LogP contribution is 2.14. The summed E-state index contributed by atoms with van der Waals surface area (Å²) < 4.78 is 5.36. The number of hydrogen-bond acceptors (Lipinski definition) is 4. The van der Waals surface area contributed by atoms with Crippen LogP contribution in [0, 0.1) is 0 Å². The number of likely N-dealkylation sites (tertiary alicyclic amines) is 1. The fourth-order valence-electron chi connectivity index (χ4n) is 2.57. The zero-order chi connectivity index (χ0) is 17.2. The molecule has 0 saturated carbocycles. The van der Waals surface area contributed by atoms with E-state index in [2.05, 4.69) is 18.5 Å². The van der Waals surface area contributed by atoms with Crippen molar-refractivity contribution >= 4 is 23.6 Å². The summed E-state index contributed by atoms with van der Waals surface area (Å²) in [5, 5.41) is 3.72. The van der Waals surface area contributed by atoms with Crippen LogP contribution in [0.5, 0.6) is 0 Å². The second-order valence-corrected chi connectivity index (χ2v) is 7.80. The number of nitrogens with zero attached hydrogens (tertiary/aromatic N) is 1. The van der Waals surface area contributed by atoms with E-state index in [9.17, 15) is 9.59 Å². The number of thioether (sulfide) groups is 1. The molecular formula is C17H32N2O3S. The van der Waals surface area contributed by atoms with Crippen LogP contribution in [-0.2, 0) is 14.3 Å². The smallest absolute Gasteiger partial charge is 0.248 e. The molecule has 1 saturated heterocycles. The van der Waals surface area contributed by atoms with Gasteiger partial charge in [-0.2, -0.15) is 11.8 Å². The zero-order valence-electron chi connectivity index (χ0n) is 15.0. The highest BCUT2D eigenvalue weighted by atomic mass is 32.2. The van der Waals surface area contributed by atoms with E-state index in [1.165, 1.54) is 0 Å². The summed E-state index contributed by atoms with van der Waals surface area (Å²) in [5.74, 6) is 0.195. The molecule has 1 heterocycles. The fourth-order valence-corrected chi connectivity index (χ4v) is 2.97. The third kappa shape index (κ3) is 8.61. The summed E-state index contributed by atoms with van der Waals surface area (Å²) in [6.45, 7) is 7.61. The summed E-state index contributed by atoms with van der Waals surface area (Å²) in [6.07, 6.45) is 6.47. The van der Waals surface area contributed by atoms with Gasteiger partial charge in [-0.15, -0.1) is 0 Å². The van der Waals surface area contributed by atoms with Crippen LogP contribution in [0.2, 0.25) is 0 Å². The molecule has 0 bridgehead atoms. The van der Waals surface area contributed by atoms with Gasteiger partial charge in [-0.05, 0) is 45.8 Å². The molecule has 1 aliphatic heterocycles. The van der Waals surface area contributed by atoms with Crippen molar-refractivity contribution in [2.75, 3.05) is 26.0 Å². The first-order valence-corrected chi connectivity index (χ1v) is 9.92. The second kappa shape index (κ2) is 10.9. The van der Waals surface area contributed by atoms with Crippen molar-refractivity contribution in [3.05, 3.63) is 0 Å². The highest BCUT2D eigenvalue weighted by Gasteiger charge is 2.23. The van der Waals surface area contributed by atoms with Gasteiger partial charge in [-0.1, -0.05) is 6.92 Å². The van der Waals surface area contributed by atoms with Crippen LogP contribution < -0.4 is 5.32 Å². The van der Waals surface area contributed by atoms with E-state index in [-0.39, 0.29) is 30.6 Å². The fraction of sp³-hybridized carbons (Fsp3) is 0.882. The lowest BCUT2D eigenvalue weighted by Crippen LogP contribution is -2.47. The molecule has 0 aromatic heterocycles. The lowest BCUT2D eigenvalue weighted by Gasteiger charge is -2.32. The van der Waals surface area contributed by atoms with E-state index < -0.39 is 0 Å². The molecule has 1 unspecified atom stereocenters. The van der Waals surface area contributed by atoms with Crippen LogP contribution in [0.1, 0.15) is 52.9 Å². The molecule has 1 aliphatic rings. The highest BCUT2D eigenvalue weighted by molar-refractivity contribution is 7.99. The average Bonchev–Trinajstić information content (AvgIpc) is 2.53. The topological polar surface area (TPSA) is 58.6 Å². The van der Waals surface area contributed by atoms with Crippen molar-refractivity contribution in [2.45, 2.75) is 70.3 Å². The number of carbonyl (C=O) groups excluding carboxylic acids is 2. The second-order valence-electron chi connectivity index (χ2n) is 6.52. The number of rotatable bonds is 9. The Labute approximate surface area is 144 Å². The third-order valence-corrected chi connectivity index (χ3v) is 5.21. The van der Waals surface area contributed by atoms with Crippen LogP contribution in [0.15, 0.2) is 0 Å². The van der Waals surface area contributed by atoms with Crippen molar-refractivity contribution in [3.8, 4) is 0 Å². The largest absolute Gasteiger partial charge is 0.369 e. The van der Waals surface area contributed by atoms with Crippen LogP contribution in [0.4, 0.5) is 0 Å².